The number of nitrogens with zero attached hydrogens (tertiary/aromatic N) is 4. The molecule has 1 aromatic carbocycles. The summed E-state index contributed by atoms with van der Waals surface area (Å²) in [6.07, 6.45) is 3.71. The van der Waals surface area contributed by atoms with Crippen LogP contribution in [-0.2, 0) is 31.5 Å². The lowest BCUT2D eigenvalue weighted by molar-refractivity contribution is -0.206. The Hall–Kier alpha value is -2.83. The molecule has 1 N–H and O–H groups in total. The molecule has 0 bridgehead atoms. The Morgan fingerprint density at radius 1 is 1.10 bits per heavy atom. The molecule has 1 aliphatic carbocycles. The number of ether oxygens (including phenoxy) is 3. The highest BCUT2D eigenvalue weighted by Gasteiger charge is 2.59. The first-order valence-corrected chi connectivity index (χ1v) is 17.7. The van der Waals surface area contributed by atoms with Crippen LogP contribution in [0.15, 0.2) is 36.8 Å². The molecular formula is C31H43N5O5Si. The fourth-order valence-electron chi connectivity index (χ4n) is 6.55. The van der Waals surface area contributed by atoms with Gasteiger partial charge < -0.3 is 28.1 Å². The number of aryl methyl sites for hydroxylation is 2. The molecule has 2 aromatic heterocycles. The molecular weight excluding hydrogens is 550 g/mol. The molecule has 6 rings (SSSR count). The minimum Gasteiger partial charge on any atom is -0.407 e. The summed E-state index contributed by atoms with van der Waals surface area (Å²) in [7, 11) is 1.34. The third-order valence-electron chi connectivity index (χ3n) is 9.31. The monoisotopic (exact) mass is 593 g/mol. The molecule has 5 atom stereocenters. The van der Waals surface area contributed by atoms with Gasteiger partial charge >= 0.3 is 6.03 Å². The minimum absolute atomic E-state index is 0.261. The van der Waals surface area contributed by atoms with E-state index in [9.17, 15) is 4.79 Å². The zero-order valence-electron chi connectivity index (χ0n) is 25.7. The first kappa shape index (κ1) is 29.2. The van der Waals surface area contributed by atoms with E-state index in [1.165, 1.54) is 22.4 Å². The SMILES string of the molecule is CC[Si](CC)(CC)O[C@H](c1ccc2c(c1)CC2)[C@H]1O[C@@H](n2ccc3c(NC(=O)N(C)C)ncnc32)[C@@H]2OC(C)(C)O[C@@H]21. The maximum atomic E-state index is 12.4. The summed E-state index contributed by atoms with van der Waals surface area (Å²) in [6.45, 7) is 10.7. The number of amides is 2. The van der Waals surface area contributed by atoms with Crippen LogP contribution in [0.4, 0.5) is 10.6 Å². The van der Waals surface area contributed by atoms with E-state index in [4.69, 9.17) is 18.6 Å². The molecule has 0 saturated carbocycles. The number of anilines is 1. The highest BCUT2D eigenvalue weighted by atomic mass is 28.4. The van der Waals surface area contributed by atoms with Gasteiger partial charge in [0, 0.05) is 20.3 Å². The van der Waals surface area contributed by atoms with E-state index < -0.39 is 20.3 Å². The van der Waals surface area contributed by atoms with Gasteiger partial charge in [0.15, 0.2) is 20.3 Å². The van der Waals surface area contributed by atoms with Crippen molar-refractivity contribution in [2.24, 2.45) is 0 Å². The third kappa shape index (κ3) is 5.04. The van der Waals surface area contributed by atoms with Gasteiger partial charge in [-0.15, -0.1) is 0 Å². The lowest BCUT2D eigenvalue weighted by atomic mass is 9.85. The van der Waals surface area contributed by atoms with E-state index in [2.05, 4.69) is 54.3 Å². The van der Waals surface area contributed by atoms with E-state index in [-0.39, 0.29) is 30.4 Å². The quantitative estimate of drug-likeness (QED) is 0.313. The number of aromatic nitrogens is 3. The molecule has 2 amide bonds. The topological polar surface area (TPSA) is 100.0 Å². The Kier molecular flexibility index (Phi) is 7.67. The van der Waals surface area contributed by atoms with Crippen molar-refractivity contribution >= 4 is 31.2 Å². The number of urea groups is 1. The Bertz CT molecular complexity index is 1460. The van der Waals surface area contributed by atoms with Gasteiger partial charge in [0.05, 0.1) is 11.5 Å². The molecule has 42 heavy (non-hydrogen) atoms. The van der Waals surface area contributed by atoms with Gasteiger partial charge in [-0.05, 0) is 67.6 Å². The Morgan fingerprint density at radius 3 is 2.45 bits per heavy atom. The molecule has 0 unspecified atom stereocenters. The first-order valence-electron chi connectivity index (χ1n) is 15.2. The Morgan fingerprint density at radius 2 is 1.81 bits per heavy atom. The first-order chi connectivity index (χ1) is 20.1. The van der Waals surface area contributed by atoms with Crippen molar-refractivity contribution < 1.29 is 23.4 Å². The van der Waals surface area contributed by atoms with Crippen LogP contribution < -0.4 is 5.32 Å². The second kappa shape index (κ2) is 11.0. The zero-order valence-corrected chi connectivity index (χ0v) is 26.7. The second-order valence-electron chi connectivity index (χ2n) is 12.4. The van der Waals surface area contributed by atoms with Crippen molar-refractivity contribution in [1.82, 2.24) is 19.4 Å². The average Bonchev–Trinajstić information content (AvgIpc) is 3.62. The zero-order chi connectivity index (χ0) is 29.8. The van der Waals surface area contributed by atoms with Gasteiger partial charge in [0.1, 0.15) is 36.1 Å². The molecule has 226 valence electrons. The number of fused-ring (bicyclic) bond motifs is 3. The fourth-order valence-corrected chi connectivity index (χ4v) is 9.36. The van der Waals surface area contributed by atoms with E-state index in [0.29, 0.717) is 11.5 Å². The van der Waals surface area contributed by atoms with Crippen LogP contribution in [0.2, 0.25) is 18.1 Å². The van der Waals surface area contributed by atoms with Crippen molar-refractivity contribution in [2.45, 2.75) is 102 Å². The van der Waals surface area contributed by atoms with Gasteiger partial charge in [0.25, 0.3) is 0 Å². The molecule has 0 spiro atoms. The lowest BCUT2D eigenvalue weighted by Gasteiger charge is -2.38. The van der Waals surface area contributed by atoms with Crippen LogP contribution in [0.25, 0.3) is 11.0 Å². The molecule has 2 saturated heterocycles. The van der Waals surface area contributed by atoms with E-state index in [0.717, 1.165) is 41.9 Å². The normalized spacial score (nSPS) is 25.1. The van der Waals surface area contributed by atoms with Crippen molar-refractivity contribution in [3.63, 3.8) is 0 Å². The second-order valence-corrected chi connectivity index (χ2v) is 17.1. The van der Waals surface area contributed by atoms with Gasteiger partial charge in [0.2, 0.25) is 0 Å². The van der Waals surface area contributed by atoms with Crippen molar-refractivity contribution in [3.8, 4) is 0 Å². The standard InChI is InChI=1S/C31H43N5O5Si/c1-8-42(9-2,10-3)41-23(21-14-12-19-11-13-20(19)17-21)24-25-26(40-31(4,5)39-25)29(38-24)36-16-15-22-27(32-18-33-28(22)36)34-30(37)35(6)7/h12,14-18,23-26,29H,8-11,13H2,1-7H3,(H,32,33,34,37)/t23-,24-,25-,26-,29-/m1/s1. The molecule has 0 radical (unpaired) electrons. The smallest absolute Gasteiger partial charge is 0.322 e. The summed E-state index contributed by atoms with van der Waals surface area (Å²) in [6, 6.07) is 11.5. The van der Waals surface area contributed by atoms with E-state index in [1.54, 1.807) is 14.1 Å². The summed E-state index contributed by atoms with van der Waals surface area (Å²) >= 11 is 0. The van der Waals surface area contributed by atoms with Crippen LogP contribution in [0.3, 0.4) is 0 Å². The number of hydrogen-bond acceptors (Lipinski definition) is 7. The number of carbonyl (C=O) groups is 1. The predicted octanol–water partition coefficient (Wildman–Crippen LogP) is 5.80. The summed E-state index contributed by atoms with van der Waals surface area (Å²) in [5.41, 5.74) is 4.61. The van der Waals surface area contributed by atoms with Crippen LogP contribution >= 0.6 is 0 Å². The van der Waals surface area contributed by atoms with Gasteiger partial charge in [-0.3, -0.25) is 5.32 Å². The number of carbonyl (C=O) groups excluding carboxylic acids is 1. The van der Waals surface area contributed by atoms with Gasteiger partial charge in [-0.2, -0.15) is 0 Å². The number of nitrogens with one attached hydrogen (secondary N) is 1. The Balaban J connectivity index is 1.40. The average molecular weight is 594 g/mol. The minimum atomic E-state index is -2.04. The van der Waals surface area contributed by atoms with Crippen molar-refractivity contribution in [3.05, 3.63) is 53.5 Å². The maximum Gasteiger partial charge on any atom is 0.322 e. The predicted molar refractivity (Wildman–Crippen MR) is 163 cm³/mol. The molecule has 3 aromatic rings. The molecule has 2 fully saturated rings. The molecule has 10 nitrogen and oxygen atoms in total. The summed E-state index contributed by atoms with van der Waals surface area (Å²) in [5.74, 6) is -0.335. The maximum absolute atomic E-state index is 12.4. The van der Waals surface area contributed by atoms with E-state index in [1.807, 2.05) is 30.7 Å². The van der Waals surface area contributed by atoms with Crippen molar-refractivity contribution in [2.75, 3.05) is 19.4 Å². The Labute approximate surface area is 248 Å². The summed E-state index contributed by atoms with van der Waals surface area (Å²) in [4.78, 5) is 22.8. The van der Waals surface area contributed by atoms with Crippen LogP contribution in [-0.4, -0.2) is 72.0 Å². The van der Waals surface area contributed by atoms with Crippen LogP contribution in [0.5, 0.6) is 0 Å². The summed E-state index contributed by atoms with van der Waals surface area (Å²) < 4.78 is 29.4. The molecule has 3 aliphatic rings. The third-order valence-corrected chi connectivity index (χ3v) is 13.9. The number of hydrogen-bond donors (Lipinski definition) is 1. The highest BCUT2D eigenvalue weighted by molar-refractivity contribution is 6.73. The van der Waals surface area contributed by atoms with Gasteiger partial charge in [-0.25, -0.2) is 14.8 Å². The van der Waals surface area contributed by atoms with Crippen molar-refractivity contribution in [1.29, 1.82) is 0 Å². The van der Waals surface area contributed by atoms with E-state index >= 15 is 0 Å². The van der Waals surface area contributed by atoms with Crippen LogP contribution in [0, 0.1) is 0 Å². The fraction of sp³-hybridized carbons (Fsp3) is 0.581. The summed E-state index contributed by atoms with van der Waals surface area (Å²) in [5, 5.41) is 3.59. The molecule has 11 heteroatoms. The largest absolute Gasteiger partial charge is 0.407 e. The molecule has 2 aliphatic heterocycles. The van der Waals surface area contributed by atoms with Gasteiger partial charge in [-0.1, -0.05) is 39.0 Å². The lowest BCUT2D eigenvalue weighted by Crippen LogP contribution is -2.43. The number of benzene rings is 1. The highest BCUT2D eigenvalue weighted by Crippen LogP contribution is 2.49. The number of rotatable bonds is 9. The molecule has 4 heterocycles. The van der Waals surface area contributed by atoms with Crippen LogP contribution in [0.1, 0.15) is 63.6 Å².